The maximum absolute atomic E-state index is 11.3. The lowest BCUT2D eigenvalue weighted by Gasteiger charge is -2.13. The van der Waals surface area contributed by atoms with E-state index in [1.807, 2.05) is 0 Å². The number of anilines is 1. The normalized spacial score (nSPS) is 12.0. The van der Waals surface area contributed by atoms with Crippen LogP contribution in [0.15, 0.2) is 18.2 Å². The lowest BCUT2D eigenvalue weighted by molar-refractivity contribution is 0.0601. The van der Waals surface area contributed by atoms with Gasteiger partial charge in [0.25, 0.3) is 0 Å². The fraction of sp³-hybridized carbons (Fsp3) is 0.364. The smallest absolute Gasteiger partial charge is 0.337 e. The molecular weight excluding hydrogens is 242 g/mol. The number of carbonyl (C=O) groups is 1. The number of ether oxygens (including phenoxy) is 1. The molecule has 94 valence electrons. The van der Waals surface area contributed by atoms with Crippen molar-refractivity contribution < 1.29 is 9.53 Å². The molecule has 1 aromatic carbocycles. The third-order valence-corrected chi connectivity index (χ3v) is 2.57. The first-order chi connectivity index (χ1) is 8.08. The van der Waals surface area contributed by atoms with Gasteiger partial charge in [0.15, 0.2) is 0 Å². The van der Waals surface area contributed by atoms with Crippen LogP contribution in [0.4, 0.5) is 5.69 Å². The van der Waals surface area contributed by atoms with Crippen molar-refractivity contribution in [2.45, 2.75) is 6.04 Å². The van der Waals surface area contributed by atoms with Crippen LogP contribution in [0.1, 0.15) is 10.4 Å². The Morgan fingerprint density at radius 1 is 1.59 bits per heavy atom. The van der Waals surface area contributed by atoms with Crippen molar-refractivity contribution in [2.24, 2.45) is 11.5 Å². The summed E-state index contributed by atoms with van der Waals surface area (Å²) in [5, 5.41) is 3.55. The SMILES string of the molecule is COC(=O)c1ccc(Cl)c(NCC(N)CN)c1. The van der Waals surface area contributed by atoms with Crippen LogP contribution < -0.4 is 16.8 Å². The van der Waals surface area contributed by atoms with E-state index in [4.69, 9.17) is 23.1 Å². The summed E-state index contributed by atoms with van der Waals surface area (Å²) in [4.78, 5) is 11.3. The zero-order valence-corrected chi connectivity index (χ0v) is 10.3. The average Bonchev–Trinajstić information content (AvgIpc) is 2.36. The van der Waals surface area contributed by atoms with Gasteiger partial charge < -0.3 is 21.5 Å². The third-order valence-electron chi connectivity index (χ3n) is 2.24. The molecule has 1 rings (SSSR count). The lowest BCUT2D eigenvalue weighted by atomic mass is 10.2. The average molecular weight is 258 g/mol. The highest BCUT2D eigenvalue weighted by molar-refractivity contribution is 6.33. The van der Waals surface area contributed by atoms with Crippen LogP contribution in [-0.2, 0) is 4.74 Å². The minimum Gasteiger partial charge on any atom is -0.465 e. The molecule has 0 aliphatic rings. The van der Waals surface area contributed by atoms with E-state index in [1.54, 1.807) is 18.2 Å². The Hall–Kier alpha value is -1.30. The first-order valence-electron chi connectivity index (χ1n) is 5.16. The second-order valence-corrected chi connectivity index (χ2v) is 3.97. The van der Waals surface area contributed by atoms with Gasteiger partial charge in [-0.15, -0.1) is 0 Å². The Morgan fingerprint density at radius 3 is 2.88 bits per heavy atom. The van der Waals surface area contributed by atoms with Gasteiger partial charge >= 0.3 is 5.97 Å². The molecule has 5 nitrogen and oxygen atoms in total. The minimum atomic E-state index is -0.409. The van der Waals surface area contributed by atoms with Gasteiger partial charge in [0, 0.05) is 19.1 Å². The Morgan fingerprint density at radius 2 is 2.29 bits per heavy atom. The minimum absolute atomic E-state index is 0.159. The number of rotatable bonds is 5. The molecule has 0 heterocycles. The van der Waals surface area contributed by atoms with Gasteiger partial charge in [0.1, 0.15) is 0 Å². The van der Waals surface area contributed by atoms with Gasteiger partial charge in [-0.1, -0.05) is 11.6 Å². The molecule has 1 aromatic rings. The summed E-state index contributed by atoms with van der Waals surface area (Å²) in [6, 6.07) is 4.69. The molecule has 1 atom stereocenters. The highest BCUT2D eigenvalue weighted by Gasteiger charge is 2.09. The van der Waals surface area contributed by atoms with Crippen LogP contribution in [0.2, 0.25) is 5.02 Å². The molecule has 17 heavy (non-hydrogen) atoms. The molecule has 0 radical (unpaired) electrons. The van der Waals surface area contributed by atoms with Gasteiger partial charge in [-0.2, -0.15) is 0 Å². The van der Waals surface area contributed by atoms with E-state index < -0.39 is 5.97 Å². The molecular formula is C11H16ClN3O2. The molecule has 0 aliphatic heterocycles. The van der Waals surface area contributed by atoms with Gasteiger partial charge in [-0.25, -0.2) is 4.79 Å². The summed E-state index contributed by atoms with van der Waals surface area (Å²) in [7, 11) is 1.33. The van der Waals surface area contributed by atoms with Gasteiger partial charge in [0.2, 0.25) is 0 Å². The van der Waals surface area contributed by atoms with Crippen LogP contribution in [0.5, 0.6) is 0 Å². The van der Waals surface area contributed by atoms with Crippen LogP contribution >= 0.6 is 11.6 Å². The molecule has 0 aromatic heterocycles. The second-order valence-electron chi connectivity index (χ2n) is 3.56. The predicted octanol–water partition coefficient (Wildman–Crippen LogP) is 0.825. The van der Waals surface area contributed by atoms with Crippen molar-refractivity contribution in [3.05, 3.63) is 28.8 Å². The summed E-state index contributed by atoms with van der Waals surface area (Å²) in [6.07, 6.45) is 0. The van der Waals surface area contributed by atoms with Crippen molar-refractivity contribution in [1.82, 2.24) is 0 Å². The number of hydrogen-bond donors (Lipinski definition) is 3. The number of benzene rings is 1. The highest BCUT2D eigenvalue weighted by atomic mass is 35.5. The van der Waals surface area contributed by atoms with E-state index in [0.717, 1.165) is 0 Å². The third kappa shape index (κ3) is 3.89. The molecule has 6 heteroatoms. The predicted molar refractivity (Wildman–Crippen MR) is 68.3 cm³/mol. The highest BCUT2D eigenvalue weighted by Crippen LogP contribution is 2.23. The Balaban J connectivity index is 2.80. The Bertz CT molecular complexity index is 398. The van der Waals surface area contributed by atoms with Crippen LogP contribution in [0.3, 0.4) is 0 Å². The molecule has 0 aliphatic carbocycles. The zero-order chi connectivity index (χ0) is 12.8. The van der Waals surface area contributed by atoms with E-state index in [0.29, 0.717) is 29.4 Å². The van der Waals surface area contributed by atoms with E-state index >= 15 is 0 Å². The molecule has 0 spiro atoms. The van der Waals surface area contributed by atoms with E-state index in [2.05, 4.69) is 10.1 Å². The van der Waals surface area contributed by atoms with Crippen LogP contribution in [0.25, 0.3) is 0 Å². The number of halogens is 1. The van der Waals surface area contributed by atoms with E-state index in [1.165, 1.54) is 7.11 Å². The molecule has 0 saturated carbocycles. The van der Waals surface area contributed by atoms with Crippen molar-refractivity contribution >= 4 is 23.3 Å². The van der Waals surface area contributed by atoms with E-state index in [9.17, 15) is 4.79 Å². The summed E-state index contributed by atoms with van der Waals surface area (Å²) in [5.41, 5.74) is 12.1. The zero-order valence-electron chi connectivity index (χ0n) is 9.57. The summed E-state index contributed by atoms with van der Waals surface area (Å²) in [5.74, 6) is -0.409. The summed E-state index contributed by atoms with van der Waals surface area (Å²) in [6.45, 7) is 0.863. The molecule has 0 amide bonds. The maximum atomic E-state index is 11.3. The summed E-state index contributed by atoms with van der Waals surface area (Å²) >= 11 is 5.98. The monoisotopic (exact) mass is 257 g/mol. The molecule has 0 fully saturated rings. The first kappa shape index (κ1) is 13.8. The largest absolute Gasteiger partial charge is 0.465 e. The number of hydrogen-bond acceptors (Lipinski definition) is 5. The van der Waals surface area contributed by atoms with Crippen LogP contribution in [0, 0.1) is 0 Å². The number of nitrogens with one attached hydrogen (secondary N) is 1. The molecule has 0 bridgehead atoms. The van der Waals surface area contributed by atoms with E-state index in [-0.39, 0.29) is 6.04 Å². The fourth-order valence-electron chi connectivity index (χ4n) is 1.23. The van der Waals surface area contributed by atoms with Crippen LogP contribution in [-0.4, -0.2) is 32.2 Å². The fourth-order valence-corrected chi connectivity index (χ4v) is 1.41. The number of nitrogens with two attached hydrogens (primary N) is 2. The number of methoxy groups -OCH3 is 1. The number of carbonyl (C=O) groups excluding carboxylic acids is 1. The van der Waals surface area contributed by atoms with Crippen molar-refractivity contribution in [3.63, 3.8) is 0 Å². The second kappa shape index (κ2) is 6.44. The van der Waals surface area contributed by atoms with Gasteiger partial charge in [-0.3, -0.25) is 0 Å². The molecule has 5 N–H and O–H groups in total. The standard InChI is InChI=1S/C11H16ClN3O2/c1-17-11(16)7-2-3-9(12)10(4-7)15-6-8(14)5-13/h2-4,8,15H,5-6,13-14H2,1H3. The topological polar surface area (TPSA) is 90.4 Å². The van der Waals surface area contributed by atoms with Gasteiger partial charge in [-0.05, 0) is 18.2 Å². The quantitative estimate of drug-likeness (QED) is 0.680. The summed E-state index contributed by atoms with van der Waals surface area (Å²) < 4.78 is 4.62. The number of esters is 1. The Labute approximate surface area is 105 Å². The first-order valence-corrected chi connectivity index (χ1v) is 5.53. The van der Waals surface area contributed by atoms with Crippen molar-refractivity contribution in [2.75, 3.05) is 25.5 Å². The van der Waals surface area contributed by atoms with Crippen molar-refractivity contribution in [1.29, 1.82) is 0 Å². The molecule has 1 unspecified atom stereocenters. The Kier molecular flexibility index (Phi) is 5.21. The lowest BCUT2D eigenvalue weighted by Crippen LogP contribution is -2.36. The molecule has 0 saturated heterocycles. The van der Waals surface area contributed by atoms with Crippen molar-refractivity contribution in [3.8, 4) is 0 Å². The maximum Gasteiger partial charge on any atom is 0.337 e. The van der Waals surface area contributed by atoms with Gasteiger partial charge in [0.05, 0.1) is 23.4 Å².